The predicted octanol–water partition coefficient (Wildman–Crippen LogP) is 5.91. The summed E-state index contributed by atoms with van der Waals surface area (Å²) in [5, 5.41) is 5.08. The van der Waals surface area contributed by atoms with Gasteiger partial charge in [0.2, 0.25) is 5.13 Å². The summed E-state index contributed by atoms with van der Waals surface area (Å²) >= 11 is 1.56. The zero-order valence-corrected chi connectivity index (χ0v) is 18.9. The molecule has 0 bridgehead atoms. The fraction of sp³-hybridized carbons (Fsp3) is 0.200. The summed E-state index contributed by atoms with van der Waals surface area (Å²) in [7, 11) is 1.64. The molecule has 0 radical (unpaired) electrons. The summed E-state index contributed by atoms with van der Waals surface area (Å²) in [6.07, 6.45) is 2.48. The van der Waals surface area contributed by atoms with Gasteiger partial charge in [-0.2, -0.15) is 5.10 Å². The van der Waals surface area contributed by atoms with E-state index in [2.05, 4.69) is 22.4 Å². The molecule has 1 N–H and O–H groups in total. The second-order valence-electron chi connectivity index (χ2n) is 7.12. The summed E-state index contributed by atoms with van der Waals surface area (Å²) in [6.45, 7) is 3.17. The van der Waals surface area contributed by atoms with Crippen molar-refractivity contribution in [1.82, 2.24) is 4.98 Å². The Morgan fingerprint density at radius 3 is 2.56 bits per heavy atom. The van der Waals surface area contributed by atoms with Gasteiger partial charge in [-0.15, -0.1) is 0 Å². The average molecular weight is 448 g/mol. The lowest BCUT2D eigenvalue weighted by Crippen LogP contribution is -2.06. The minimum absolute atomic E-state index is 0.532. The molecule has 0 unspecified atom stereocenters. The Labute approximate surface area is 191 Å². The molecule has 0 saturated heterocycles. The van der Waals surface area contributed by atoms with Crippen molar-refractivity contribution in [3.63, 3.8) is 0 Å². The molecule has 1 heterocycles. The number of methoxy groups -OCH3 is 1. The van der Waals surface area contributed by atoms with Crippen molar-refractivity contribution >= 4 is 32.9 Å². The number of nitrogens with one attached hydrogen (secondary N) is 1. The Hall–Kier alpha value is -3.58. The van der Waals surface area contributed by atoms with Crippen molar-refractivity contribution in [2.75, 3.05) is 25.7 Å². The van der Waals surface area contributed by atoms with Crippen LogP contribution < -0.4 is 19.6 Å². The quantitative estimate of drug-likeness (QED) is 0.186. The van der Waals surface area contributed by atoms with Gasteiger partial charge in [-0.3, -0.25) is 5.43 Å². The van der Waals surface area contributed by atoms with E-state index in [1.807, 2.05) is 66.7 Å². The molecule has 0 aliphatic rings. The van der Waals surface area contributed by atoms with E-state index in [0.29, 0.717) is 13.2 Å². The summed E-state index contributed by atoms with van der Waals surface area (Å²) in [4.78, 5) is 4.52. The van der Waals surface area contributed by atoms with Crippen LogP contribution in [0.2, 0.25) is 0 Å². The van der Waals surface area contributed by atoms with Gasteiger partial charge in [-0.1, -0.05) is 41.2 Å². The van der Waals surface area contributed by atoms with Crippen molar-refractivity contribution in [1.29, 1.82) is 0 Å². The van der Waals surface area contributed by atoms with Crippen LogP contribution in [0.3, 0.4) is 0 Å². The second kappa shape index (κ2) is 10.6. The zero-order valence-electron chi connectivity index (χ0n) is 18.1. The topological polar surface area (TPSA) is 65.0 Å². The van der Waals surface area contributed by atoms with Crippen LogP contribution in [0.25, 0.3) is 10.2 Å². The lowest BCUT2D eigenvalue weighted by atomic mass is 10.2. The second-order valence-corrected chi connectivity index (χ2v) is 8.15. The molecule has 0 aliphatic heterocycles. The Morgan fingerprint density at radius 2 is 1.75 bits per heavy atom. The lowest BCUT2D eigenvalue weighted by Gasteiger charge is -2.11. The molecule has 7 heteroatoms. The fourth-order valence-electron chi connectivity index (χ4n) is 3.03. The normalized spacial score (nSPS) is 11.1. The molecule has 0 aliphatic carbocycles. The first kappa shape index (κ1) is 21.6. The van der Waals surface area contributed by atoms with Crippen LogP contribution in [0, 0.1) is 6.92 Å². The molecule has 0 atom stereocenters. The largest absolute Gasteiger partial charge is 0.497 e. The number of aryl methyl sites for hydroxylation is 1. The SMILES string of the molecule is COc1ccc(OCCCOc2ccc(C)cc2)c(/C=N\Nc2nc3ccccc3s2)c1. The molecular formula is C25H25N3O3S. The van der Waals surface area contributed by atoms with Crippen molar-refractivity contribution in [3.8, 4) is 17.2 Å². The first-order chi connectivity index (χ1) is 15.7. The van der Waals surface area contributed by atoms with E-state index in [9.17, 15) is 0 Å². The number of para-hydroxylation sites is 1. The molecule has 6 nitrogen and oxygen atoms in total. The van der Waals surface area contributed by atoms with Crippen LogP contribution in [-0.4, -0.2) is 31.5 Å². The van der Waals surface area contributed by atoms with Crippen molar-refractivity contribution in [2.45, 2.75) is 13.3 Å². The number of rotatable bonds is 10. The third-order valence-electron chi connectivity index (χ3n) is 4.71. The van der Waals surface area contributed by atoms with Crippen LogP contribution in [0.4, 0.5) is 5.13 Å². The van der Waals surface area contributed by atoms with Gasteiger partial charge in [0.25, 0.3) is 0 Å². The van der Waals surface area contributed by atoms with Crippen molar-refractivity contribution in [3.05, 3.63) is 77.9 Å². The molecule has 0 saturated carbocycles. The lowest BCUT2D eigenvalue weighted by molar-refractivity contribution is 0.247. The van der Waals surface area contributed by atoms with Crippen LogP contribution in [0.5, 0.6) is 17.2 Å². The number of anilines is 1. The van der Waals surface area contributed by atoms with E-state index in [1.54, 1.807) is 24.7 Å². The molecule has 0 spiro atoms. The van der Waals surface area contributed by atoms with E-state index in [-0.39, 0.29) is 0 Å². The van der Waals surface area contributed by atoms with Gasteiger partial charge in [0.05, 0.1) is 36.8 Å². The summed E-state index contributed by atoms with van der Waals surface area (Å²) in [5.74, 6) is 2.34. The molecule has 4 aromatic rings. The van der Waals surface area contributed by atoms with Crippen LogP contribution in [0.1, 0.15) is 17.5 Å². The van der Waals surface area contributed by atoms with Gasteiger partial charge in [-0.25, -0.2) is 4.98 Å². The minimum Gasteiger partial charge on any atom is -0.497 e. The van der Waals surface area contributed by atoms with Gasteiger partial charge in [0, 0.05) is 12.0 Å². The number of hydrogen-bond acceptors (Lipinski definition) is 7. The van der Waals surface area contributed by atoms with Gasteiger partial charge >= 0.3 is 0 Å². The number of aromatic nitrogens is 1. The van der Waals surface area contributed by atoms with Crippen molar-refractivity contribution in [2.24, 2.45) is 5.10 Å². The number of ether oxygens (including phenoxy) is 3. The molecular weight excluding hydrogens is 422 g/mol. The van der Waals surface area contributed by atoms with E-state index < -0.39 is 0 Å². The first-order valence-electron chi connectivity index (χ1n) is 10.4. The monoisotopic (exact) mass is 447 g/mol. The van der Waals surface area contributed by atoms with Crippen LogP contribution in [-0.2, 0) is 0 Å². The highest BCUT2D eigenvalue weighted by Crippen LogP contribution is 2.26. The first-order valence-corrected chi connectivity index (χ1v) is 11.2. The predicted molar refractivity (Wildman–Crippen MR) is 131 cm³/mol. The van der Waals surface area contributed by atoms with Gasteiger partial charge in [-0.05, 0) is 49.4 Å². The summed E-state index contributed by atoms with van der Waals surface area (Å²) in [5.41, 5.74) is 5.99. The number of hydrogen-bond donors (Lipinski definition) is 1. The van der Waals surface area contributed by atoms with Gasteiger partial charge in [0.1, 0.15) is 17.2 Å². The Morgan fingerprint density at radius 1 is 0.969 bits per heavy atom. The Balaban J connectivity index is 1.33. The molecule has 0 fully saturated rings. The number of thiazole rings is 1. The van der Waals surface area contributed by atoms with E-state index in [1.165, 1.54) is 5.56 Å². The average Bonchev–Trinajstić information content (AvgIpc) is 3.23. The van der Waals surface area contributed by atoms with E-state index in [0.717, 1.165) is 44.6 Å². The zero-order chi connectivity index (χ0) is 22.2. The Bertz CT molecular complexity index is 1160. The highest BCUT2D eigenvalue weighted by Gasteiger charge is 2.06. The van der Waals surface area contributed by atoms with Crippen LogP contribution in [0.15, 0.2) is 71.8 Å². The smallest absolute Gasteiger partial charge is 0.204 e. The minimum atomic E-state index is 0.532. The maximum atomic E-state index is 5.98. The highest BCUT2D eigenvalue weighted by molar-refractivity contribution is 7.22. The maximum Gasteiger partial charge on any atom is 0.204 e. The molecule has 0 amide bonds. The molecule has 3 aromatic carbocycles. The standard InChI is InChI=1S/C25H25N3O3S/c1-18-8-10-20(11-9-18)30-14-5-15-31-23-13-12-21(29-2)16-19(23)17-26-28-25-27-22-6-3-4-7-24(22)32-25/h3-4,6-13,16-17H,5,14-15H2,1-2H3,(H,27,28)/b26-17-. The summed E-state index contributed by atoms with van der Waals surface area (Å²) < 4.78 is 18.2. The van der Waals surface area contributed by atoms with Crippen molar-refractivity contribution < 1.29 is 14.2 Å². The number of nitrogens with zero attached hydrogens (tertiary/aromatic N) is 2. The van der Waals surface area contributed by atoms with Gasteiger partial charge < -0.3 is 14.2 Å². The van der Waals surface area contributed by atoms with E-state index in [4.69, 9.17) is 14.2 Å². The number of benzene rings is 3. The fourth-order valence-corrected chi connectivity index (χ4v) is 3.84. The van der Waals surface area contributed by atoms with E-state index >= 15 is 0 Å². The Kier molecular flexibility index (Phi) is 7.19. The number of fused-ring (bicyclic) bond motifs is 1. The van der Waals surface area contributed by atoms with Gasteiger partial charge in [0.15, 0.2) is 0 Å². The molecule has 1 aromatic heterocycles. The molecule has 164 valence electrons. The number of hydrazone groups is 1. The third kappa shape index (κ3) is 5.76. The highest BCUT2D eigenvalue weighted by atomic mass is 32.1. The molecule has 4 rings (SSSR count). The summed E-state index contributed by atoms with van der Waals surface area (Å²) in [6, 6.07) is 21.7. The third-order valence-corrected chi connectivity index (χ3v) is 5.65. The maximum absolute atomic E-state index is 5.98. The van der Waals surface area contributed by atoms with Crippen LogP contribution >= 0.6 is 11.3 Å². The molecule has 32 heavy (non-hydrogen) atoms.